The summed E-state index contributed by atoms with van der Waals surface area (Å²) in [7, 11) is 0. The molecule has 1 aliphatic heterocycles. The van der Waals surface area contributed by atoms with E-state index in [1.807, 2.05) is 0 Å². The summed E-state index contributed by atoms with van der Waals surface area (Å²) in [6.07, 6.45) is 1.82. The molecule has 0 saturated carbocycles. The fraction of sp³-hybridized carbons (Fsp3) is 0.562. The highest BCUT2D eigenvalue weighted by Crippen LogP contribution is 2.17. The average Bonchev–Trinajstić information content (AvgIpc) is 2.85. The molecule has 1 aliphatic rings. The van der Waals surface area contributed by atoms with Crippen molar-refractivity contribution in [3.63, 3.8) is 0 Å². The minimum absolute atomic E-state index is 0. The number of aryl methyl sites for hydroxylation is 1. The van der Waals surface area contributed by atoms with E-state index < -0.39 is 0 Å². The minimum atomic E-state index is -0.203. The van der Waals surface area contributed by atoms with Gasteiger partial charge in [-0.05, 0) is 51.3 Å². The fourth-order valence-corrected chi connectivity index (χ4v) is 2.64. The molecular weight excluding hydrogens is 272 g/mol. The van der Waals surface area contributed by atoms with Crippen LogP contribution in [0.1, 0.15) is 31.4 Å². The quantitative estimate of drug-likeness (QED) is 0.896. The Balaban J connectivity index is 0.00000200. The maximum atomic E-state index is 12.2. The van der Waals surface area contributed by atoms with Crippen LogP contribution in [0.25, 0.3) is 0 Å². The van der Waals surface area contributed by atoms with Gasteiger partial charge in [-0.3, -0.25) is 4.79 Å². The van der Waals surface area contributed by atoms with Crippen molar-refractivity contribution in [2.75, 3.05) is 13.1 Å². The molecule has 1 atom stereocenters. The summed E-state index contributed by atoms with van der Waals surface area (Å²) in [4.78, 5) is 12.2. The summed E-state index contributed by atoms with van der Waals surface area (Å²) in [6, 6.07) is 8.37. The topological polar surface area (TPSA) is 41.1 Å². The van der Waals surface area contributed by atoms with E-state index in [0.29, 0.717) is 0 Å². The third-order valence-electron chi connectivity index (χ3n) is 3.79. The molecule has 1 fully saturated rings. The van der Waals surface area contributed by atoms with Crippen molar-refractivity contribution in [1.29, 1.82) is 0 Å². The van der Waals surface area contributed by atoms with E-state index in [4.69, 9.17) is 0 Å². The van der Waals surface area contributed by atoms with Crippen molar-refractivity contribution < 1.29 is 4.79 Å². The Morgan fingerprint density at radius 1 is 1.40 bits per heavy atom. The molecule has 0 aromatic heterocycles. The summed E-state index contributed by atoms with van der Waals surface area (Å²) in [5, 5.41) is 6.43. The number of benzene rings is 1. The van der Waals surface area contributed by atoms with Crippen LogP contribution in [-0.4, -0.2) is 24.5 Å². The van der Waals surface area contributed by atoms with E-state index in [1.54, 1.807) is 0 Å². The smallest absolute Gasteiger partial charge is 0.224 e. The van der Waals surface area contributed by atoms with Crippen molar-refractivity contribution in [1.82, 2.24) is 10.6 Å². The molecule has 1 unspecified atom stereocenters. The zero-order valence-electron chi connectivity index (χ0n) is 12.5. The summed E-state index contributed by atoms with van der Waals surface area (Å²) in [5.41, 5.74) is 2.39. The maximum Gasteiger partial charge on any atom is 0.224 e. The van der Waals surface area contributed by atoms with Crippen LogP contribution in [0.3, 0.4) is 0 Å². The summed E-state index contributed by atoms with van der Waals surface area (Å²) in [5.74, 6) is 0.319. The van der Waals surface area contributed by atoms with Crippen LogP contribution in [0.5, 0.6) is 0 Å². The van der Waals surface area contributed by atoms with Crippen LogP contribution in [0.4, 0.5) is 0 Å². The lowest BCUT2D eigenvalue weighted by Crippen LogP contribution is -2.48. The molecule has 4 heteroatoms. The van der Waals surface area contributed by atoms with Crippen LogP contribution in [-0.2, 0) is 11.2 Å². The number of carbonyl (C=O) groups is 1. The molecular formula is C16H25ClN2O. The molecule has 1 aromatic rings. The van der Waals surface area contributed by atoms with Crippen LogP contribution in [0.15, 0.2) is 24.3 Å². The monoisotopic (exact) mass is 296 g/mol. The summed E-state index contributed by atoms with van der Waals surface area (Å²) in [6.45, 7) is 8.08. The average molecular weight is 297 g/mol. The predicted molar refractivity (Wildman–Crippen MR) is 85.3 cm³/mol. The van der Waals surface area contributed by atoms with Gasteiger partial charge in [0.1, 0.15) is 0 Å². The SMILES string of the molecule is Cc1ccccc1CC(C)(C)NC(=O)C1CCNC1.Cl. The normalized spacial score (nSPS) is 18.4. The zero-order chi connectivity index (χ0) is 13.9. The number of rotatable bonds is 4. The second-order valence-electron chi connectivity index (χ2n) is 6.17. The Morgan fingerprint density at radius 2 is 2.10 bits per heavy atom. The first-order chi connectivity index (χ1) is 8.98. The van der Waals surface area contributed by atoms with Crippen LogP contribution >= 0.6 is 12.4 Å². The summed E-state index contributed by atoms with van der Waals surface area (Å²) >= 11 is 0. The molecule has 1 aromatic carbocycles. The van der Waals surface area contributed by atoms with E-state index in [-0.39, 0.29) is 29.8 Å². The third kappa shape index (κ3) is 4.50. The predicted octanol–water partition coefficient (Wildman–Crippen LogP) is 2.46. The van der Waals surface area contributed by atoms with Gasteiger partial charge in [0, 0.05) is 12.1 Å². The lowest BCUT2D eigenvalue weighted by Gasteiger charge is -2.28. The largest absolute Gasteiger partial charge is 0.351 e. The second kappa shape index (κ2) is 7.09. The first kappa shape index (κ1) is 17.0. The second-order valence-corrected chi connectivity index (χ2v) is 6.17. The first-order valence-corrected chi connectivity index (χ1v) is 7.05. The van der Waals surface area contributed by atoms with E-state index in [0.717, 1.165) is 25.9 Å². The van der Waals surface area contributed by atoms with Gasteiger partial charge in [-0.2, -0.15) is 0 Å². The van der Waals surface area contributed by atoms with Gasteiger partial charge in [0.05, 0.1) is 5.92 Å². The standard InChI is InChI=1S/C16H24N2O.ClH/c1-12-6-4-5-7-13(12)10-16(2,3)18-15(19)14-8-9-17-11-14;/h4-7,14,17H,8-11H2,1-3H3,(H,18,19);1H. The molecule has 0 aliphatic carbocycles. The van der Waals surface area contributed by atoms with Gasteiger partial charge in [0.25, 0.3) is 0 Å². The lowest BCUT2D eigenvalue weighted by molar-refractivity contribution is -0.126. The first-order valence-electron chi connectivity index (χ1n) is 7.05. The molecule has 2 rings (SSSR count). The molecule has 1 heterocycles. The number of amides is 1. The van der Waals surface area contributed by atoms with Crippen LogP contribution in [0.2, 0.25) is 0 Å². The van der Waals surface area contributed by atoms with E-state index in [1.165, 1.54) is 11.1 Å². The van der Waals surface area contributed by atoms with Crippen LogP contribution < -0.4 is 10.6 Å². The van der Waals surface area contributed by atoms with E-state index >= 15 is 0 Å². The molecule has 2 N–H and O–H groups in total. The van der Waals surface area contributed by atoms with Gasteiger partial charge >= 0.3 is 0 Å². The Kier molecular flexibility index (Phi) is 6.03. The highest BCUT2D eigenvalue weighted by molar-refractivity contribution is 5.85. The van der Waals surface area contributed by atoms with Crippen molar-refractivity contribution in [2.24, 2.45) is 5.92 Å². The van der Waals surface area contributed by atoms with Gasteiger partial charge in [-0.25, -0.2) is 0 Å². The molecule has 0 bridgehead atoms. The Bertz CT molecular complexity index is 454. The van der Waals surface area contributed by atoms with Gasteiger partial charge in [-0.15, -0.1) is 12.4 Å². The number of carbonyl (C=O) groups excluding carboxylic acids is 1. The molecule has 20 heavy (non-hydrogen) atoms. The minimum Gasteiger partial charge on any atom is -0.351 e. The van der Waals surface area contributed by atoms with Crippen molar-refractivity contribution in [3.05, 3.63) is 35.4 Å². The third-order valence-corrected chi connectivity index (χ3v) is 3.79. The number of halogens is 1. The Morgan fingerprint density at radius 3 is 2.70 bits per heavy atom. The van der Waals surface area contributed by atoms with Crippen molar-refractivity contribution in [2.45, 2.75) is 39.2 Å². The zero-order valence-corrected chi connectivity index (χ0v) is 13.3. The van der Waals surface area contributed by atoms with Crippen LogP contribution in [0, 0.1) is 12.8 Å². The molecule has 0 spiro atoms. The molecule has 0 radical (unpaired) electrons. The van der Waals surface area contributed by atoms with Gasteiger partial charge in [-0.1, -0.05) is 24.3 Å². The van der Waals surface area contributed by atoms with Crippen molar-refractivity contribution in [3.8, 4) is 0 Å². The maximum absolute atomic E-state index is 12.2. The van der Waals surface area contributed by atoms with E-state index in [2.05, 4.69) is 55.7 Å². The van der Waals surface area contributed by atoms with Crippen molar-refractivity contribution >= 4 is 18.3 Å². The fourth-order valence-electron chi connectivity index (χ4n) is 2.64. The Labute approximate surface area is 127 Å². The molecule has 3 nitrogen and oxygen atoms in total. The summed E-state index contributed by atoms with van der Waals surface area (Å²) < 4.78 is 0. The van der Waals surface area contributed by atoms with E-state index in [9.17, 15) is 4.79 Å². The number of hydrogen-bond acceptors (Lipinski definition) is 2. The Hall–Kier alpha value is -1.06. The lowest BCUT2D eigenvalue weighted by atomic mass is 9.91. The molecule has 1 amide bonds. The number of hydrogen-bond donors (Lipinski definition) is 2. The number of nitrogens with one attached hydrogen (secondary N) is 2. The van der Waals surface area contributed by atoms with Gasteiger partial charge in [0.15, 0.2) is 0 Å². The van der Waals surface area contributed by atoms with Gasteiger partial charge in [0.2, 0.25) is 5.91 Å². The van der Waals surface area contributed by atoms with Gasteiger partial charge < -0.3 is 10.6 Å². The highest BCUT2D eigenvalue weighted by atomic mass is 35.5. The molecule has 1 saturated heterocycles. The highest BCUT2D eigenvalue weighted by Gasteiger charge is 2.28. The molecule has 112 valence electrons.